The van der Waals surface area contributed by atoms with Crippen LogP contribution in [0.1, 0.15) is 12.5 Å². The second-order valence-corrected chi connectivity index (χ2v) is 7.64. The average molecular weight is 531 g/mol. The number of rotatable bonds is 7. The number of carbonyl (C=O) groups excluding carboxylic acids is 1. The van der Waals surface area contributed by atoms with Gasteiger partial charge in [-0.1, -0.05) is 0 Å². The Kier molecular flexibility index (Phi) is 7.40. The first kappa shape index (κ1) is 27.5. The molecule has 0 atom stereocenters. The number of aryl methyl sites for hydroxylation is 1. The van der Waals surface area contributed by atoms with Crippen molar-refractivity contribution in [3.05, 3.63) is 29.6 Å². The van der Waals surface area contributed by atoms with Crippen LogP contribution in [0.25, 0.3) is 5.69 Å². The van der Waals surface area contributed by atoms with Crippen LogP contribution >= 0.6 is 11.8 Å². The van der Waals surface area contributed by atoms with Gasteiger partial charge in [-0.3, -0.25) is 4.79 Å². The molecular formula is C17H12F11N3O2S. The van der Waals surface area contributed by atoms with Crippen molar-refractivity contribution < 1.29 is 57.8 Å². The van der Waals surface area contributed by atoms with Crippen LogP contribution in [-0.4, -0.2) is 45.8 Å². The molecule has 0 fully saturated rings. The van der Waals surface area contributed by atoms with Gasteiger partial charge in [-0.05, 0) is 24.6 Å². The fraction of sp³-hybridized carbons (Fsp3) is 0.412. The van der Waals surface area contributed by atoms with Crippen LogP contribution in [0.15, 0.2) is 23.1 Å². The lowest BCUT2D eigenvalue weighted by Crippen LogP contribution is -2.55. The van der Waals surface area contributed by atoms with Gasteiger partial charge in [0.25, 0.3) is 0 Å². The molecule has 2 aromatic rings. The Bertz CT molecular complexity index is 1060. The highest BCUT2D eigenvalue weighted by atomic mass is 32.2. The van der Waals surface area contributed by atoms with Crippen molar-refractivity contribution >= 4 is 23.5 Å². The first-order valence-corrected chi connectivity index (χ1v) is 9.63. The molecule has 1 N–H and O–H groups in total. The standard InChI is InChI=1S/C17H12F11N3O2S/c1-7-3-9(18)10(4-11(7)34-6-14(19,20)21)31-12(29-8(2)32)5-13(30-31)33-17(27,28)15(22,23)16(24,25)26/h3-5H,6H2,1-2H3,(H,29,32). The van der Waals surface area contributed by atoms with Crippen molar-refractivity contribution in [1.29, 1.82) is 0 Å². The molecule has 0 saturated heterocycles. The number of aromatic nitrogens is 2. The summed E-state index contributed by atoms with van der Waals surface area (Å²) in [5, 5.41) is 5.12. The molecule has 0 aliphatic carbocycles. The molecule has 1 aromatic carbocycles. The Balaban J connectivity index is 2.55. The van der Waals surface area contributed by atoms with E-state index in [0.29, 0.717) is 6.07 Å². The number of alkyl halides is 10. The van der Waals surface area contributed by atoms with Crippen molar-refractivity contribution in [2.45, 2.75) is 43.1 Å². The summed E-state index contributed by atoms with van der Waals surface area (Å²) in [5.74, 6) is -12.5. The van der Waals surface area contributed by atoms with E-state index in [1.807, 2.05) is 5.32 Å². The summed E-state index contributed by atoms with van der Waals surface area (Å²) in [6.45, 7) is 2.12. The Morgan fingerprint density at radius 3 is 2.15 bits per heavy atom. The maximum atomic E-state index is 14.5. The number of halogens is 11. The van der Waals surface area contributed by atoms with Gasteiger partial charge in [0.1, 0.15) is 17.3 Å². The third-order valence-electron chi connectivity index (χ3n) is 3.81. The van der Waals surface area contributed by atoms with Crippen molar-refractivity contribution in [3.63, 3.8) is 0 Å². The number of nitrogens with one attached hydrogen (secondary N) is 1. The molecule has 34 heavy (non-hydrogen) atoms. The monoisotopic (exact) mass is 531 g/mol. The molecule has 1 aromatic heterocycles. The van der Waals surface area contributed by atoms with Crippen LogP contribution in [0, 0.1) is 12.7 Å². The zero-order valence-corrected chi connectivity index (χ0v) is 17.5. The van der Waals surface area contributed by atoms with Crippen molar-refractivity contribution in [1.82, 2.24) is 9.78 Å². The Morgan fingerprint density at radius 1 is 1.06 bits per heavy atom. The third-order valence-corrected chi connectivity index (χ3v) is 5.03. The lowest BCUT2D eigenvalue weighted by atomic mass is 10.2. The second-order valence-electron chi connectivity index (χ2n) is 6.62. The number of benzene rings is 1. The Labute approximate surface area is 187 Å². The minimum Gasteiger partial charge on any atom is -0.408 e. The molecule has 0 bridgehead atoms. The maximum Gasteiger partial charge on any atom is 0.475 e. The quantitative estimate of drug-likeness (QED) is 0.347. The van der Waals surface area contributed by atoms with E-state index in [1.165, 1.54) is 6.92 Å². The van der Waals surface area contributed by atoms with E-state index in [4.69, 9.17) is 0 Å². The van der Waals surface area contributed by atoms with Crippen LogP contribution in [0.3, 0.4) is 0 Å². The smallest absolute Gasteiger partial charge is 0.408 e. The van der Waals surface area contributed by atoms with Gasteiger partial charge in [-0.15, -0.1) is 16.9 Å². The lowest BCUT2D eigenvalue weighted by Gasteiger charge is -2.26. The zero-order chi connectivity index (χ0) is 26.3. The molecule has 0 spiro atoms. The first-order valence-electron chi connectivity index (χ1n) is 8.64. The number of hydrogen-bond acceptors (Lipinski definition) is 4. The largest absolute Gasteiger partial charge is 0.475 e. The molecule has 190 valence electrons. The summed E-state index contributed by atoms with van der Waals surface area (Å²) < 4.78 is 146. The number of carbonyl (C=O) groups is 1. The molecule has 0 aliphatic rings. The predicted octanol–water partition coefficient (Wildman–Crippen LogP) is 6.10. The molecule has 0 aliphatic heterocycles. The van der Waals surface area contributed by atoms with Gasteiger partial charge in [-0.25, -0.2) is 9.07 Å². The van der Waals surface area contributed by atoms with E-state index in [-0.39, 0.29) is 26.9 Å². The average Bonchev–Trinajstić information content (AvgIpc) is 2.99. The fourth-order valence-corrected chi connectivity index (χ4v) is 3.14. The summed E-state index contributed by atoms with van der Waals surface area (Å²) in [5.41, 5.74) is -0.726. The summed E-state index contributed by atoms with van der Waals surface area (Å²) in [6, 6.07) is 1.81. The van der Waals surface area contributed by atoms with Gasteiger partial charge in [-0.2, -0.15) is 43.9 Å². The summed E-state index contributed by atoms with van der Waals surface area (Å²) in [7, 11) is 0. The number of hydrogen-bond donors (Lipinski definition) is 1. The van der Waals surface area contributed by atoms with Crippen LogP contribution in [-0.2, 0) is 4.79 Å². The van der Waals surface area contributed by atoms with Gasteiger partial charge in [0.2, 0.25) is 11.8 Å². The lowest BCUT2D eigenvalue weighted by molar-refractivity contribution is -0.403. The third kappa shape index (κ3) is 6.04. The molecule has 0 unspecified atom stereocenters. The zero-order valence-electron chi connectivity index (χ0n) is 16.7. The van der Waals surface area contributed by atoms with Crippen LogP contribution < -0.4 is 10.1 Å². The normalized spacial score (nSPS) is 13.2. The van der Waals surface area contributed by atoms with E-state index < -0.39 is 59.2 Å². The van der Waals surface area contributed by atoms with Gasteiger partial charge in [0, 0.05) is 17.9 Å². The Morgan fingerprint density at radius 2 is 1.65 bits per heavy atom. The van der Waals surface area contributed by atoms with Gasteiger partial charge in [0.15, 0.2) is 0 Å². The van der Waals surface area contributed by atoms with E-state index in [0.717, 1.165) is 19.1 Å². The topological polar surface area (TPSA) is 56.1 Å². The number of nitrogens with zero attached hydrogens (tertiary/aromatic N) is 2. The Hall–Kier alpha value is -2.72. The molecule has 2 rings (SSSR count). The highest BCUT2D eigenvalue weighted by Crippen LogP contribution is 2.47. The van der Waals surface area contributed by atoms with Crippen molar-refractivity contribution in [3.8, 4) is 11.6 Å². The second kappa shape index (κ2) is 9.14. The number of amides is 1. The molecule has 17 heteroatoms. The molecular weight excluding hydrogens is 519 g/mol. The van der Waals surface area contributed by atoms with Crippen LogP contribution in [0.5, 0.6) is 5.88 Å². The van der Waals surface area contributed by atoms with Crippen molar-refractivity contribution in [2.24, 2.45) is 0 Å². The summed E-state index contributed by atoms with van der Waals surface area (Å²) in [6.07, 6.45) is -17.5. The van der Waals surface area contributed by atoms with Crippen molar-refractivity contribution in [2.75, 3.05) is 11.1 Å². The van der Waals surface area contributed by atoms with E-state index in [9.17, 15) is 53.1 Å². The van der Waals surface area contributed by atoms with Gasteiger partial charge in [0.05, 0.1) is 5.75 Å². The number of ether oxygens (including phenoxy) is 1. The van der Waals surface area contributed by atoms with Gasteiger partial charge < -0.3 is 10.1 Å². The highest BCUT2D eigenvalue weighted by Gasteiger charge is 2.76. The highest BCUT2D eigenvalue weighted by molar-refractivity contribution is 7.99. The summed E-state index contributed by atoms with van der Waals surface area (Å²) >= 11 is 0.219. The van der Waals surface area contributed by atoms with Crippen LogP contribution in [0.2, 0.25) is 0 Å². The SMILES string of the molecule is CC(=O)Nc1cc(OC(F)(F)C(F)(F)C(F)(F)F)nn1-c1cc(SCC(F)(F)F)c(C)cc1F. The van der Waals surface area contributed by atoms with E-state index in [2.05, 4.69) is 9.84 Å². The molecule has 1 heterocycles. The number of anilines is 1. The molecule has 5 nitrogen and oxygen atoms in total. The van der Waals surface area contributed by atoms with Crippen LogP contribution in [0.4, 0.5) is 54.1 Å². The summed E-state index contributed by atoms with van der Waals surface area (Å²) in [4.78, 5) is 11.2. The number of thioether (sulfide) groups is 1. The van der Waals surface area contributed by atoms with E-state index >= 15 is 0 Å². The fourth-order valence-electron chi connectivity index (χ4n) is 2.34. The first-order chi connectivity index (χ1) is 15.2. The van der Waals surface area contributed by atoms with Gasteiger partial charge >= 0.3 is 24.4 Å². The minimum atomic E-state index is -6.72. The predicted molar refractivity (Wildman–Crippen MR) is 95.9 cm³/mol. The molecule has 0 radical (unpaired) electrons. The minimum absolute atomic E-state index is 0.0246. The van der Waals surface area contributed by atoms with E-state index in [1.54, 1.807) is 0 Å². The maximum absolute atomic E-state index is 14.5. The molecule has 1 amide bonds. The molecule has 0 saturated carbocycles.